The highest BCUT2D eigenvalue weighted by Crippen LogP contribution is 2.33. The van der Waals surface area contributed by atoms with Crippen molar-refractivity contribution >= 4 is 11.5 Å². The SMILES string of the molecule is CC1(C)Cc2cc(-c3ccccc3)ccc2C(=CC(=O)c2ccccc2)N1. The number of ketones is 1. The van der Waals surface area contributed by atoms with E-state index in [2.05, 4.69) is 61.6 Å². The highest BCUT2D eigenvalue weighted by atomic mass is 16.1. The second kappa shape index (κ2) is 6.88. The predicted octanol–water partition coefficient (Wildman–Crippen LogP) is 5.50. The summed E-state index contributed by atoms with van der Waals surface area (Å²) in [4.78, 5) is 12.7. The molecule has 4 rings (SSSR count). The molecule has 1 aliphatic heterocycles. The van der Waals surface area contributed by atoms with Crippen molar-refractivity contribution in [3.63, 3.8) is 0 Å². The number of carbonyl (C=O) groups is 1. The maximum absolute atomic E-state index is 12.7. The summed E-state index contributed by atoms with van der Waals surface area (Å²) in [6, 6.07) is 26.3. The maximum Gasteiger partial charge on any atom is 0.187 e. The van der Waals surface area contributed by atoms with Crippen molar-refractivity contribution in [1.82, 2.24) is 5.32 Å². The van der Waals surface area contributed by atoms with E-state index in [0.717, 1.165) is 17.7 Å². The standard InChI is InChI=1S/C25H23NO/c1-25(2)17-21-15-20(18-9-5-3-6-10-18)13-14-22(21)23(26-25)16-24(27)19-11-7-4-8-12-19/h3-16,26H,17H2,1-2H3. The van der Waals surface area contributed by atoms with Gasteiger partial charge >= 0.3 is 0 Å². The normalized spacial score (nSPS) is 16.4. The van der Waals surface area contributed by atoms with Crippen LogP contribution >= 0.6 is 0 Å². The van der Waals surface area contributed by atoms with E-state index in [1.807, 2.05) is 36.4 Å². The van der Waals surface area contributed by atoms with Crippen molar-refractivity contribution in [2.45, 2.75) is 25.8 Å². The van der Waals surface area contributed by atoms with Crippen molar-refractivity contribution in [2.75, 3.05) is 0 Å². The second-order valence-corrected chi connectivity index (χ2v) is 7.71. The van der Waals surface area contributed by atoms with Gasteiger partial charge in [-0.3, -0.25) is 4.79 Å². The molecule has 0 bridgehead atoms. The molecule has 0 saturated carbocycles. The van der Waals surface area contributed by atoms with Crippen LogP contribution in [0.1, 0.15) is 35.3 Å². The Kier molecular flexibility index (Phi) is 4.41. The van der Waals surface area contributed by atoms with Gasteiger partial charge in [-0.1, -0.05) is 78.9 Å². The summed E-state index contributed by atoms with van der Waals surface area (Å²) >= 11 is 0. The summed E-state index contributed by atoms with van der Waals surface area (Å²) < 4.78 is 0. The van der Waals surface area contributed by atoms with Crippen molar-refractivity contribution in [2.24, 2.45) is 0 Å². The van der Waals surface area contributed by atoms with Crippen LogP contribution in [0, 0.1) is 0 Å². The third-order valence-electron chi connectivity index (χ3n) is 4.94. The lowest BCUT2D eigenvalue weighted by Crippen LogP contribution is -2.43. The van der Waals surface area contributed by atoms with Gasteiger partial charge in [0, 0.05) is 28.4 Å². The van der Waals surface area contributed by atoms with Crippen LogP contribution < -0.4 is 5.32 Å². The molecule has 1 heterocycles. The molecule has 0 radical (unpaired) electrons. The topological polar surface area (TPSA) is 29.1 Å². The lowest BCUT2D eigenvalue weighted by Gasteiger charge is -2.36. The Bertz CT molecular complexity index is 1000. The van der Waals surface area contributed by atoms with Crippen molar-refractivity contribution in [3.05, 3.63) is 102 Å². The van der Waals surface area contributed by atoms with Crippen LogP contribution in [0.15, 0.2) is 84.9 Å². The van der Waals surface area contributed by atoms with E-state index in [4.69, 9.17) is 0 Å². The Hall–Kier alpha value is -3.13. The fourth-order valence-corrected chi connectivity index (χ4v) is 3.70. The number of allylic oxidation sites excluding steroid dienone is 1. The first-order valence-electron chi connectivity index (χ1n) is 9.30. The van der Waals surface area contributed by atoms with Gasteiger partial charge in [0.25, 0.3) is 0 Å². The molecule has 1 N–H and O–H groups in total. The minimum atomic E-state index is -0.106. The van der Waals surface area contributed by atoms with Crippen LogP contribution in [-0.4, -0.2) is 11.3 Å². The third kappa shape index (κ3) is 3.70. The molecule has 0 atom stereocenters. The van der Waals surface area contributed by atoms with E-state index in [9.17, 15) is 4.79 Å². The molecule has 0 unspecified atom stereocenters. The molecular weight excluding hydrogens is 330 g/mol. The Morgan fingerprint density at radius 3 is 2.26 bits per heavy atom. The minimum Gasteiger partial charge on any atom is -0.379 e. The number of nitrogens with one attached hydrogen (secondary N) is 1. The van der Waals surface area contributed by atoms with Crippen LogP contribution in [0.3, 0.4) is 0 Å². The molecular formula is C25H23NO. The molecule has 0 aliphatic carbocycles. The summed E-state index contributed by atoms with van der Waals surface area (Å²) in [5, 5.41) is 3.55. The van der Waals surface area contributed by atoms with E-state index in [1.54, 1.807) is 6.08 Å². The zero-order valence-electron chi connectivity index (χ0n) is 15.7. The Labute approximate surface area is 160 Å². The van der Waals surface area contributed by atoms with Gasteiger partial charge in [0.05, 0.1) is 0 Å². The van der Waals surface area contributed by atoms with Crippen LogP contribution in [0.4, 0.5) is 0 Å². The molecule has 3 aromatic rings. The van der Waals surface area contributed by atoms with E-state index >= 15 is 0 Å². The zero-order chi connectivity index (χ0) is 18.9. The Morgan fingerprint density at radius 1 is 0.889 bits per heavy atom. The predicted molar refractivity (Wildman–Crippen MR) is 112 cm³/mol. The Morgan fingerprint density at radius 2 is 1.56 bits per heavy atom. The smallest absolute Gasteiger partial charge is 0.187 e. The van der Waals surface area contributed by atoms with Crippen LogP contribution in [0.5, 0.6) is 0 Å². The molecule has 0 amide bonds. The number of hydrogen-bond donors (Lipinski definition) is 1. The molecule has 1 aliphatic rings. The summed E-state index contributed by atoms with van der Waals surface area (Å²) in [5.74, 6) is 0.0221. The van der Waals surface area contributed by atoms with E-state index in [0.29, 0.717) is 5.56 Å². The van der Waals surface area contributed by atoms with Crippen molar-refractivity contribution in [1.29, 1.82) is 0 Å². The van der Waals surface area contributed by atoms with Gasteiger partial charge in [0.2, 0.25) is 0 Å². The molecule has 0 fully saturated rings. The second-order valence-electron chi connectivity index (χ2n) is 7.71. The fraction of sp³-hybridized carbons (Fsp3) is 0.160. The van der Waals surface area contributed by atoms with Crippen molar-refractivity contribution < 1.29 is 4.79 Å². The van der Waals surface area contributed by atoms with Gasteiger partial charge in [0.1, 0.15) is 0 Å². The molecule has 0 saturated heterocycles. The zero-order valence-corrected chi connectivity index (χ0v) is 15.7. The van der Waals surface area contributed by atoms with E-state index < -0.39 is 0 Å². The molecule has 0 spiro atoms. The summed E-state index contributed by atoms with van der Waals surface area (Å²) in [6.07, 6.45) is 2.65. The van der Waals surface area contributed by atoms with E-state index in [-0.39, 0.29) is 11.3 Å². The lowest BCUT2D eigenvalue weighted by molar-refractivity contribution is 0.104. The van der Waals surface area contributed by atoms with Crippen LogP contribution in [0.2, 0.25) is 0 Å². The quantitative estimate of drug-likeness (QED) is 0.497. The third-order valence-corrected chi connectivity index (χ3v) is 4.94. The van der Waals surface area contributed by atoms with Gasteiger partial charge in [-0.25, -0.2) is 0 Å². The van der Waals surface area contributed by atoms with Gasteiger partial charge in [-0.2, -0.15) is 0 Å². The number of hydrogen-bond acceptors (Lipinski definition) is 2. The molecule has 3 aromatic carbocycles. The fourth-order valence-electron chi connectivity index (χ4n) is 3.70. The molecule has 0 aromatic heterocycles. The average Bonchev–Trinajstić information content (AvgIpc) is 2.68. The monoisotopic (exact) mass is 353 g/mol. The number of carbonyl (C=O) groups excluding carboxylic acids is 1. The number of benzene rings is 3. The van der Waals surface area contributed by atoms with E-state index in [1.165, 1.54) is 16.7 Å². The summed E-state index contributed by atoms with van der Waals surface area (Å²) in [5.41, 5.74) is 6.30. The van der Waals surface area contributed by atoms with Crippen molar-refractivity contribution in [3.8, 4) is 11.1 Å². The van der Waals surface area contributed by atoms with Gasteiger partial charge in [-0.05, 0) is 37.0 Å². The summed E-state index contributed by atoms with van der Waals surface area (Å²) in [6.45, 7) is 4.35. The number of rotatable bonds is 3. The first kappa shape index (κ1) is 17.3. The average molecular weight is 353 g/mol. The highest BCUT2D eigenvalue weighted by Gasteiger charge is 2.28. The highest BCUT2D eigenvalue weighted by molar-refractivity contribution is 6.08. The van der Waals surface area contributed by atoms with Gasteiger partial charge in [0.15, 0.2) is 5.78 Å². The Balaban J connectivity index is 1.76. The first-order chi connectivity index (χ1) is 13.0. The first-order valence-corrected chi connectivity index (χ1v) is 9.30. The minimum absolute atomic E-state index is 0.0221. The summed E-state index contributed by atoms with van der Waals surface area (Å²) in [7, 11) is 0. The molecule has 2 nitrogen and oxygen atoms in total. The molecule has 134 valence electrons. The largest absolute Gasteiger partial charge is 0.379 e. The maximum atomic E-state index is 12.7. The number of fused-ring (bicyclic) bond motifs is 1. The lowest BCUT2D eigenvalue weighted by atomic mass is 9.84. The van der Waals surface area contributed by atoms with Crippen LogP contribution in [-0.2, 0) is 6.42 Å². The van der Waals surface area contributed by atoms with Gasteiger partial charge in [-0.15, -0.1) is 0 Å². The molecule has 27 heavy (non-hydrogen) atoms. The molecule has 2 heteroatoms. The van der Waals surface area contributed by atoms with Gasteiger partial charge < -0.3 is 5.32 Å². The van der Waals surface area contributed by atoms with Crippen LogP contribution in [0.25, 0.3) is 16.8 Å².